The standard InChI is InChI=1S/C73H108O30/c1-33-11-13-37(14-12-33)15-16-38(78)28-92-57-35(3)95-65(61(59(57)96-36(4)77)102-63-55(88)52(85)48(81)34(2)94-63)103-67(90)73-24-23-68(5,6)25-40(73)39-17-18-45-69(7)21-20-47(70(8,31-75)44(69)19-22-71(45,9)72(39,10)26-46(73)80)99-66-60(101-64-56(89)53(86)50(83)42(27-74)97-64)58(51(84)43(98-66)30-91-32-76)100-62-54(87)49(82)41(79)29-93-62/h11-16,31-32,34-35,39-66,74,79-89H,17-30H2,1-10H3/b16-15+/t34?,35?,39?,40-,41?,42?,43?,44+,45+,46+,47-,48?,49?,50?,51?,52?,53?,54?,55?,56?,57?,58?,59?,60?,61?,62?,63?,64?,65?,66?,69-,70-,71+,72+,73+/m0/s1. The maximum Gasteiger partial charge on any atom is 0.317 e. The van der Waals surface area contributed by atoms with Crippen molar-refractivity contribution in [1.82, 2.24) is 0 Å². The lowest BCUT2D eigenvalue weighted by Gasteiger charge is -2.74. The average Bonchev–Trinajstić information content (AvgIpc) is 0.670. The van der Waals surface area contributed by atoms with Crippen molar-refractivity contribution < 1.29 is 147 Å². The molecule has 11 rings (SSSR count). The van der Waals surface area contributed by atoms with E-state index in [-0.39, 0.29) is 43.0 Å². The SMILES string of the molecule is CC(=O)OC1C(OCC(=O)/C=C/c2ccc(C)cc2)C(C)OC(OC(=O)[C@]23CCC(C)(C)C[C@H]2C2CC[C@@H]4[C@@]5(C)CC[C@H](OC6OC(COC=O)C(O)C(OC7OCC(O)C(O)C7O)C6OC6OC(CO)C(O)C(O)C6O)[C@@](C)(C=O)[C@@H]5CC[C@@]4(C)[C@]2(C)C[C@H]3O)C1OC1OC(C)C(O)C(O)C1O. The molecule has 25 unspecified atom stereocenters. The molecule has 103 heavy (non-hydrogen) atoms. The van der Waals surface area contributed by atoms with Gasteiger partial charge in [0.15, 0.2) is 43.2 Å². The van der Waals surface area contributed by atoms with Gasteiger partial charge in [0.2, 0.25) is 6.29 Å². The fourth-order valence-corrected chi connectivity index (χ4v) is 20.1. The Morgan fingerprint density at radius 3 is 1.86 bits per heavy atom. The summed E-state index contributed by atoms with van der Waals surface area (Å²) in [5, 5.41) is 134. The van der Waals surface area contributed by atoms with Crippen LogP contribution in [0.1, 0.15) is 138 Å². The predicted octanol–water partition coefficient (Wildman–Crippen LogP) is 0.0796. The molecule has 0 radical (unpaired) electrons. The first-order chi connectivity index (χ1) is 48.5. The summed E-state index contributed by atoms with van der Waals surface area (Å²) in [7, 11) is 0. The first kappa shape index (κ1) is 79.9. The molecule has 580 valence electrons. The summed E-state index contributed by atoms with van der Waals surface area (Å²) in [5.74, 6) is -3.31. The largest absolute Gasteiger partial charge is 0.465 e. The number of carbonyl (C=O) groups is 5. The molecule has 1 aromatic carbocycles. The number of esters is 2. The van der Waals surface area contributed by atoms with E-state index in [1.807, 2.05) is 31.2 Å². The zero-order valence-corrected chi connectivity index (χ0v) is 60.1. The van der Waals surface area contributed by atoms with Crippen LogP contribution >= 0.6 is 0 Å². The van der Waals surface area contributed by atoms with Crippen LogP contribution in [0.25, 0.3) is 6.08 Å². The number of aldehydes is 1. The molecule has 35 atom stereocenters. The van der Waals surface area contributed by atoms with Crippen molar-refractivity contribution in [2.45, 2.75) is 293 Å². The molecule has 10 aliphatic rings. The highest BCUT2D eigenvalue weighted by Crippen LogP contribution is 2.77. The normalized spacial score (nSPS) is 49.0. The number of ketones is 1. The number of ether oxygens (including phenoxy) is 13. The fraction of sp³-hybridized carbons (Fsp3) is 0.822. The van der Waals surface area contributed by atoms with Crippen molar-refractivity contribution in [3.63, 3.8) is 0 Å². The van der Waals surface area contributed by atoms with E-state index in [4.69, 9.17) is 61.6 Å². The van der Waals surface area contributed by atoms with E-state index in [2.05, 4.69) is 34.6 Å². The van der Waals surface area contributed by atoms with Gasteiger partial charge in [-0.3, -0.25) is 19.2 Å². The van der Waals surface area contributed by atoms with E-state index in [1.54, 1.807) is 19.9 Å². The summed E-state index contributed by atoms with van der Waals surface area (Å²) in [4.78, 5) is 68.8. The van der Waals surface area contributed by atoms with E-state index in [0.29, 0.717) is 44.9 Å². The third kappa shape index (κ3) is 14.7. The molecule has 30 nitrogen and oxygen atoms in total. The Hall–Kier alpha value is -4.17. The van der Waals surface area contributed by atoms with Crippen molar-refractivity contribution in [2.24, 2.45) is 56.2 Å². The Bertz CT molecular complexity index is 3160. The summed E-state index contributed by atoms with van der Waals surface area (Å²) >= 11 is 0. The second-order valence-corrected chi connectivity index (χ2v) is 32.6. The Morgan fingerprint density at radius 1 is 0.573 bits per heavy atom. The summed E-state index contributed by atoms with van der Waals surface area (Å²) in [6, 6.07) is 7.48. The maximum absolute atomic E-state index is 16.1. The van der Waals surface area contributed by atoms with Crippen LogP contribution in [0.5, 0.6) is 0 Å². The zero-order valence-electron chi connectivity index (χ0n) is 60.1. The highest BCUT2D eigenvalue weighted by molar-refractivity contribution is 5.94. The number of carbonyl (C=O) groups excluding carboxylic acids is 5. The molecule has 12 N–H and O–H groups in total. The van der Waals surface area contributed by atoms with Crippen LogP contribution in [0.4, 0.5) is 0 Å². The maximum atomic E-state index is 16.1. The third-order valence-electron chi connectivity index (χ3n) is 26.0. The zero-order chi connectivity index (χ0) is 75.0. The van der Waals surface area contributed by atoms with Crippen LogP contribution in [0.3, 0.4) is 0 Å². The predicted molar refractivity (Wildman–Crippen MR) is 352 cm³/mol. The van der Waals surface area contributed by atoms with Crippen LogP contribution in [-0.2, 0) is 85.6 Å². The van der Waals surface area contributed by atoms with Crippen LogP contribution in [0, 0.1) is 63.1 Å². The van der Waals surface area contributed by atoms with Gasteiger partial charge in [-0.25, -0.2) is 0 Å². The molecule has 30 heteroatoms. The van der Waals surface area contributed by atoms with Gasteiger partial charge in [-0.1, -0.05) is 77.4 Å². The summed E-state index contributed by atoms with van der Waals surface area (Å²) in [5.41, 5.74) is -3.29. The molecule has 5 aliphatic heterocycles. The second-order valence-electron chi connectivity index (χ2n) is 32.6. The number of hydrogen-bond acceptors (Lipinski definition) is 30. The Morgan fingerprint density at radius 2 is 1.20 bits per heavy atom. The first-order valence-electron chi connectivity index (χ1n) is 36.3. The Balaban J connectivity index is 0.871. The van der Waals surface area contributed by atoms with Crippen LogP contribution in [0.15, 0.2) is 30.3 Å². The lowest BCUT2D eigenvalue weighted by Crippen LogP contribution is -2.71. The van der Waals surface area contributed by atoms with Crippen LogP contribution < -0.4 is 0 Å². The minimum absolute atomic E-state index is 0.104. The van der Waals surface area contributed by atoms with Gasteiger partial charge in [-0.15, -0.1) is 0 Å². The van der Waals surface area contributed by atoms with E-state index in [1.165, 1.54) is 13.0 Å². The quantitative estimate of drug-likeness (QED) is 0.0255. The lowest BCUT2D eigenvalue weighted by atomic mass is 9.31. The minimum atomic E-state index is -2.02. The topological polar surface area (TPSA) is 448 Å². The number of hydrogen-bond donors (Lipinski definition) is 12. The molecular formula is C73H108O30. The van der Waals surface area contributed by atoms with Crippen molar-refractivity contribution in [2.75, 3.05) is 26.4 Å². The Kier molecular flexibility index (Phi) is 24.1. The molecule has 0 bridgehead atoms. The van der Waals surface area contributed by atoms with E-state index in [9.17, 15) is 80.5 Å². The Labute approximate surface area is 598 Å². The van der Waals surface area contributed by atoms with E-state index < -0.39 is 243 Å². The van der Waals surface area contributed by atoms with Crippen molar-refractivity contribution in [1.29, 1.82) is 0 Å². The summed E-state index contributed by atoms with van der Waals surface area (Å²) in [6.45, 7) is 16.4. The second kappa shape index (κ2) is 31.1. The van der Waals surface area contributed by atoms with Crippen LogP contribution in [0.2, 0.25) is 0 Å². The molecule has 5 heterocycles. The average molecular weight is 1470 g/mol. The summed E-state index contributed by atoms with van der Waals surface area (Å²) < 4.78 is 80.1. The smallest absolute Gasteiger partial charge is 0.317 e. The van der Waals surface area contributed by atoms with E-state index >= 15 is 4.79 Å². The van der Waals surface area contributed by atoms with Gasteiger partial charge in [-0.2, -0.15) is 0 Å². The number of aliphatic hydroxyl groups is 12. The molecule has 5 aliphatic carbocycles. The van der Waals surface area contributed by atoms with Crippen molar-refractivity contribution in [3.8, 4) is 0 Å². The van der Waals surface area contributed by atoms with Crippen LogP contribution in [-0.4, -0.2) is 278 Å². The van der Waals surface area contributed by atoms with Gasteiger partial charge >= 0.3 is 11.9 Å². The number of rotatable bonds is 21. The monoisotopic (exact) mass is 1460 g/mol. The molecular weight excluding hydrogens is 1360 g/mol. The number of aryl methyl sites for hydroxylation is 1. The fourth-order valence-electron chi connectivity index (χ4n) is 20.1. The van der Waals surface area contributed by atoms with Gasteiger partial charge in [0.05, 0.1) is 48.5 Å². The first-order valence-corrected chi connectivity index (χ1v) is 36.3. The van der Waals surface area contributed by atoms with Gasteiger partial charge in [0.1, 0.15) is 111 Å². The molecule has 0 amide bonds. The van der Waals surface area contributed by atoms with Crippen molar-refractivity contribution in [3.05, 3.63) is 41.5 Å². The minimum Gasteiger partial charge on any atom is -0.465 e. The number of fused-ring (bicyclic) bond motifs is 7. The number of benzene rings is 1. The summed E-state index contributed by atoms with van der Waals surface area (Å²) in [6.07, 6.45) is -34.5. The molecule has 5 saturated heterocycles. The van der Waals surface area contributed by atoms with Gasteiger partial charge in [0.25, 0.3) is 6.47 Å². The van der Waals surface area contributed by atoms with E-state index in [0.717, 1.165) is 24.3 Å². The molecule has 0 aromatic heterocycles. The lowest BCUT2D eigenvalue weighted by molar-refractivity contribution is -0.395. The third-order valence-corrected chi connectivity index (χ3v) is 26.0. The van der Waals surface area contributed by atoms with Gasteiger partial charge in [0, 0.05) is 6.92 Å². The molecule has 5 saturated carbocycles. The highest BCUT2D eigenvalue weighted by atomic mass is 16.8. The van der Waals surface area contributed by atoms with Crippen molar-refractivity contribution >= 4 is 36.6 Å². The molecule has 0 spiro atoms. The molecule has 10 fully saturated rings. The van der Waals surface area contributed by atoms with Gasteiger partial charge < -0.3 is 128 Å². The molecule has 1 aromatic rings. The van der Waals surface area contributed by atoms with Gasteiger partial charge in [-0.05, 0) is 142 Å². The highest BCUT2D eigenvalue weighted by Gasteiger charge is 2.75. The number of aliphatic hydroxyl groups excluding tert-OH is 12.